The van der Waals surface area contributed by atoms with Gasteiger partial charge in [-0.1, -0.05) is 77.4 Å². The first-order valence-electron chi connectivity index (χ1n) is 11.3. The Bertz CT molecular complexity index is 1040. The van der Waals surface area contributed by atoms with Crippen molar-refractivity contribution < 1.29 is 0 Å². The van der Waals surface area contributed by atoms with Crippen molar-refractivity contribution in [2.75, 3.05) is 23.9 Å². The van der Waals surface area contributed by atoms with E-state index in [1.807, 2.05) is 0 Å². The molecule has 0 radical (unpaired) electrons. The van der Waals surface area contributed by atoms with Gasteiger partial charge in [0.1, 0.15) is 0 Å². The molecule has 0 amide bonds. The van der Waals surface area contributed by atoms with Gasteiger partial charge in [0.05, 0.1) is 5.69 Å². The quantitative estimate of drug-likeness (QED) is 0.333. The fourth-order valence-electron chi connectivity index (χ4n) is 4.63. The standard InChI is InChI=1S/C28H30N2S.BrH/c1-4-10-24(11-5-1)16-20-29-21-17-25(18-22-29)28-19-23-31(27-14-8-3-9-15-27)30(28)26-12-6-2-7-13-26;/h1-15,19,23,25H,16-18,20-22H2;1H. The van der Waals surface area contributed by atoms with Crippen LogP contribution in [0.3, 0.4) is 0 Å². The number of likely N-dealkylation sites (tertiary alicyclic amines) is 1. The number of anilines is 1. The van der Waals surface area contributed by atoms with Crippen LogP contribution in [0.15, 0.2) is 108 Å². The fraction of sp³-hybridized carbons (Fsp3) is 0.250. The van der Waals surface area contributed by atoms with Crippen molar-refractivity contribution in [3.63, 3.8) is 0 Å². The average molecular weight is 508 g/mol. The number of hydrogen-bond donors (Lipinski definition) is 0. The maximum absolute atomic E-state index is 2.65. The van der Waals surface area contributed by atoms with Gasteiger partial charge in [0, 0.05) is 23.1 Å². The van der Waals surface area contributed by atoms with E-state index in [0.29, 0.717) is 5.92 Å². The molecule has 1 fully saturated rings. The molecule has 5 rings (SSSR count). The van der Waals surface area contributed by atoms with E-state index in [1.54, 1.807) is 0 Å². The molecule has 32 heavy (non-hydrogen) atoms. The Morgan fingerprint density at radius 3 is 2.00 bits per heavy atom. The van der Waals surface area contributed by atoms with Crippen LogP contribution in [0.1, 0.15) is 18.4 Å². The van der Waals surface area contributed by atoms with Crippen LogP contribution in [-0.2, 0) is 6.42 Å². The number of piperidine rings is 1. The smallest absolute Gasteiger partial charge is 0.0519 e. The molecule has 0 aromatic heterocycles. The maximum Gasteiger partial charge on any atom is 0.0519 e. The zero-order valence-electron chi connectivity index (χ0n) is 18.3. The summed E-state index contributed by atoms with van der Waals surface area (Å²) in [5.74, 6) is 0.630. The molecule has 2 nitrogen and oxygen atoms in total. The molecule has 2 aliphatic rings. The summed E-state index contributed by atoms with van der Waals surface area (Å²) < 4.78 is 2.60. The van der Waals surface area contributed by atoms with Gasteiger partial charge in [-0.3, -0.25) is 4.31 Å². The summed E-state index contributed by atoms with van der Waals surface area (Å²) in [6.45, 7) is 3.55. The van der Waals surface area contributed by atoms with Crippen molar-refractivity contribution in [3.8, 4) is 0 Å². The molecule has 0 bridgehead atoms. The minimum atomic E-state index is -0.0461. The molecule has 1 unspecified atom stereocenters. The molecule has 1 saturated heterocycles. The topological polar surface area (TPSA) is 6.48 Å². The summed E-state index contributed by atoms with van der Waals surface area (Å²) in [5.41, 5.74) is 4.25. The Labute approximate surface area is 205 Å². The molecule has 0 N–H and O–H groups in total. The molecule has 3 aromatic carbocycles. The number of hydrogen-bond acceptors (Lipinski definition) is 2. The van der Waals surface area contributed by atoms with E-state index in [-0.39, 0.29) is 27.7 Å². The van der Waals surface area contributed by atoms with Gasteiger partial charge >= 0.3 is 0 Å². The first-order chi connectivity index (χ1) is 15.4. The third-order valence-electron chi connectivity index (χ3n) is 6.34. The number of nitrogens with zero attached hydrogens (tertiary/aromatic N) is 2. The zero-order chi connectivity index (χ0) is 20.9. The van der Waals surface area contributed by atoms with Crippen LogP contribution in [0.2, 0.25) is 0 Å². The Morgan fingerprint density at radius 2 is 1.34 bits per heavy atom. The lowest BCUT2D eigenvalue weighted by atomic mass is 9.92. The van der Waals surface area contributed by atoms with Crippen molar-refractivity contribution in [2.45, 2.75) is 24.2 Å². The Hall–Kier alpha value is -2.14. The van der Waals surface area contributed by atoms with Crippen LogP contribution in [0.25, 0.3) is 0 Å². The lowest BCUT2D eigenvalue weighted by Crippen LogP contribution is -2.37. The molecule has 0 saturated carbocycles. The van der Waals surface area contributed by atoms with E-state index in [0.717, 1.165) is 6.42 Å². The number of para-hydroxylation sites is 1. The third kappa shape index (κ3) is 5.25. The second kappa shape index (κ2) is 11.1. The summed E-state index contributed by atoms with van der Waals surface area (Å²) in [6.07, 6.45) is 6.04. The molecule has 166 valence electrons. The highest BCUT2D eigenvalue weighted by atomic mass is 79.9. The molecular formula is C28H31BrN2S. The summed E-state index contributed by atoms with van der Waals surface area (Å²) in [4.78, 5) is 4.03. The molecule has 1 atom stereocenters. The monoisotopic (exact) mass is 506 g/mol. The van der Waals surface area contributed by atoms with Gasteiger partial charge in [0.15, 0.2) is 0 Å². The predicted molar refractivity (Wildman–Crippen MR) is 145 cm³/mol. The fourth-order valence-corrected chi connectivity index (χ4v) is 6.61. The molecule has 2 heterocycles. The average Bonchev–Trinajstić information content (AvgIpc) is 3.30. The number of allylic oxidation sites excluding steroid dienone is 2. The van der Waals surface area contributed by atoms with E-state index in [9.17, 15) is 0 Å². The van der Waals surface area contributed by atoms with E-state index < -0.39 is 0 Å². The largest absolute Gasteiger partial charge is 0.303 e. The van der Waals surface area contributed by atoms with Crippen LogP contribution >= 0.6 is 27.7 Å². The molecule has 0 spiro atoms. The van der Waals surface area contributed by atoms with Crippen LogP contribution in [0.5, 0.6) is 0 Å². The van der Waals surface area contributed by atoms with Crippen LogP contribution in [0, 0.1) is 5.92 Å². The molecule has 3 aromatic rings. The predicted octanol–water partition coefficient (Wildman–Crippen LogP) is 6.97. The zero-order valence-corrected chi connectivity index (χ0v) is 20.9. The van der Waals surface area contributed by atoms with E-state index in [1.165, 1.54) is 54.3 Å². The lowest BCUT2D eigenvalue weighted by Gasteiger charge is -2.37. The van der Waals surface area contributed by atoms with Gasteiger partial charge in [0.2, 0.25) is 0 Å². The maximum atomic E-state index is 2.65. The van der Waals surface area contributed by atoms with Crippen molar-refractivity contribution in [1.29, 1.82) is 0 Å². The Kier molecular flexibility index (Phi) is 8.01. The Morgan fingerprint density at radius 1 is 0.750 bits per heavy atom. The van der Waals surface area contributed by atoms with Gasteiger partial charge in [-0.15, -0.1) is 17.0 Å². The minimum Gasteiger partial charge on any atom is -0.303 e. The Balaban J connectivity index is 0.00000245. The first kappa shape index (κ1) is 23.0. The molecule has 2 aliphatic heterocycles. The van der Waals surface area contributed by atoms with Crippen LogP contribution in [0.4, 0.5) is 5.69 Å². The summed E-state index contributed by atoms with van der Waals surface area (Å²) in [6, 6.07) is 32.8. The third-order valence-corrected chi connectivity index (χ3v) is 8.30. The number of rotatable bonds is 6. The second-order valence-electron chi connectivity index (χ2n) is 8.34. The van der Waals surface area contributed by atoms with Crippen LogP contribution < -0.4 is 4.31 Å². The summed E-state index contributed by atoms with van der Waals surface area (Å²) in [7, 11) is -0.0461. The van der Waals surface area contributed by atoms with Crippen molar-refractivity contribution in [3.05, 3.63) is 108 Å². The van der Waals surface area contributed by atoms with E-state index in [4.69, 9.17) is 0 Å². The van der Waals surface area contributed by atoms with Gasteiger partial charge in [0.25, 0.3) is 0 Å². The molecule has 4 heteroatoms. The van der Waals surface area contributed by atoms with E-state index >= 15 is 0 Å². The van der Waals surface area contributed by atoms with E-state index in [2.05, 4.69) is 112 Å². The van der Waals surface area contributed by atoms with Gasteiger partial charge in [-0.2, -0.15) is 0 Å². The normalized spacial score (nSPS) is 19.2. The molecule has 0 aliphatic carbocycles. The van der Waals surface area contributed by atoms with Gasteiger partial charge in [-0.25, -0.2) is 0 Å². The van der Waals surface area contributed by atoms with Crippen molar-refractivity contribution in [2.24, 2.45) is 5.92 Å². The summed E-state index contributed by atoms with van der Waals surface area (Å²) >= 11 is 0. The van der Waals surface area contributed by atoms with Crippen LogP contribution in [-0.4, -0.2) is 29.9 Å². The first-order valence-corrected chi connectivity index (χ1v) is 12.6. The highest BCUT2D eigenvalue weighted by molar-refractivity contribution is 8.93. The lowest BCUT2D eigenvalue weighted by molar-refractivity contribution is 0.200. The number of benzene rings is 3. The van der Waals surface area contributed by atoms with Crippen molar-refractivity contribution in [1.82, 2.24) is 4.90 Å². The van der Waals surface area contributed by atoms with Crippen molar-refractivity contribution >= 4 is 38.7 Å². The molecular weight excluding hydrogens is 476 g/mol. The minimum absolute atomic E-state index is 0. The van der Waals surface area contributed by atoms with Gasteiger partial charge < -0.3 is 4.90 Å². The van der Waals surface area contributed by atoms with Gasteiger partial charge in [-0.05, 0) is 73.6 Å². The second-order valence-corrected chi connectivity index (χ2v) is 10.1. The SMILES string of the molecule is Br.C1=C(C2CCN(CCc3ccccc3)CC2)N(c2ccccc2)S(c2ccccc2)=C1. The summed E-state index contributed by atoms with van der Waals surface area (Å²) in [5, 5.41) is 2.42. The highest BCUT2D eigenvalue weighted by Crippen LogP contribution is 2.45. The highest BCUT2D eigenvalue weighted by Gasteiger charge is 2.30. The number of halogens is 1.